The predicted octanol–water partition coefficient (Wildman–Crippen LogP) is 2.51. The van der Waals surface area contributed by atoms with Gasteiger partial charge in [0.2, 0.25) is 0 Å². The highest BCUT2D eigenvalue weighted by atomic mass is 16.4. The van der Waals surface area contributed by atoms with Crippen LogP contribution in [0.2, 0.25) is 0 Å². The standard InChI is InChI=1S/C18H21N3O3/c1-12-10-14(6-7-16(12)21-9-3-8-19-21)17(22)20-11-15(18(23)24)5-4-13(20)2/h3,6-10,13,15H,4-5,11H2,1-2H3,(H,23,24). The van der Waals surface area contributed by atoms with Crippen molar-refractivity contribution in [1.82, 2.24) is 14.7 Å². The molecule has 0 aliphatic carbocycles. The van der Waals surface area contributed by atoms with Gasteiger partial charge in [-0.25, -0.2) is 4.68 Å². The van der Waals surface area contributed by atoms with Crippen molar-refractivity contribution in [3.05, 3.63) is 47.8 Å². The van der Waals surface area contributed by atoms with Crippen LogP contribution in [-0.4, -0.2) is 44.3 Å². The summed E-state index contributed by atoms with van der Waals surface area (Å²) >= 11 is 0. The van der Waals surface area contributed by atoms with Gasteiger partial charge in [-0.2, -0.15) is 5.10 Å². The summed E-state index contributed by atoms with van der Waals surface area (Å²) < 4.78 is 1.76. The normalized spacial score (nSPS) is 20.8. The molecule has 1 aromatic heterocycles. The number of amides is 1. The van der Waals surface area contributed by atoms with Crippen molar-refractivity contribution in [3.8, 4) is 5.69 Å². The Morgan fingerprint density at radius 2 is 2.08 bits per heavy atom. The van der Waals surface area contributed by atoms with Crippen LogP contribution in [0, 0.1) is 12.8 Å². The first-order chi connectivity index (χ1) is 11.5. The molecule has 0 bridgehead atoms. The van der Waals surface area contributed by atoms with E-state index in [2.05, 4.69) is 5.10 Å². The molecule has 2 atom stereocenters. The van der Waals surface area contributed by atoms with Crippen LogP contribution in [-0.2, 0) is 4.79 Å². The third-order valence-electron chi connectivity index (χ3n) is 4.69. The zero-order valence-corrected chi connectivity index (χ0v) is 13.8. The van der Waals surface area contributed by atoms with Gasteiger partial charge in [-0.1, -0.05) is 0 Å². The van der Waals surface area contributed by atoms with Crippen LogP contribution in [0.1, 0.15) is 35.7 Å². The molecule has 2 aromatic rings. The lowest BCUT2D eigenvalue weighted by molar-refractivity contribution is -0.143. The molecular formula is C18H21N3O3. The van der Waals surface area contributed by atoms with E-state index < -0.39 is 11.9 Å². The minimum absolute atomic E-state index is 0.0548. The molecular weight excluding hydrogens is 306 g/mol. The number of benzene rings is 1. The van der Waals surface area contributed by atoms with Gasteiger partial charge in [0.15, 0.2) is 0 Å². The summed E-state index contributed by atoms with van der Waals surface area (Å²) in [7, 11) is 0. The molecule has 126 valence electrons. The van der Waals surface area contributed by atoms with E-state index in [-0.39, 0.29) is 18.5 Å². The minimum atomic E-state index is -0.829. The Morgan fingerprint density at radius 1 is 1.29 bits per heavy atom. The van der Waals surface area contributed by atoms with Gasteiger partial charge in [-0.15, -0.1) is 0 Å². The lowest BCUT2D eigenvalue weighted by atomic mass is 9.92. The highest BCUT2D eigenvalue weighted by Crippen LogP contribution is 2.25. The maximum Gasteiger partial charge on any atom is 0.308 e. The Kier molecular flexibility index (Phi) is 4.38. The molecule has 1 aliphatic heterocycles. The van der Waals surface area contributed by atoms with Gasteiger partial charge in [-0.3, -0.25) is 9.59 Å². The van der Waals surface area contributed by atoms with E-state index in [0.29, 0.717) is 18.4 Å². The number of aryl methyl sites for hydroxylation is 1. The number of carbonyl (C=O) groups is 2. The summed E-state index contributed by atoms with van der Waals surface area (Å²) in [6.45, 7) is 4.18. The van der Waals surface area contributed by atoms with Crippen LogP contribution in [0.3, 0.4) is 0 Å². The van der Waals surface area contributed by atoms with E-state index in [0.717, 1.165) is 11.3 Å². The molecule has 3 rings (SSSR count). The number of carbonyl (C=O) groups excluding carboxylic acids is 1. The molecule has 1 N–H and O–H groups in total. The van der Waals surface area contributed by atoms with Crippen molar-refractivity contribution in [3.63, 3.8) is 0 Å². The van der Waals surface area contributed by atoms with E-state index in [1.165, 1.54) is 0 Å². The van der Waals surface area contributed by atoms with Gasteiger partial charge in [0.25, 0.3) is 5.91 Å². The number of hydrogen-bond acceptors (Lipinski definition) is 3. The van der Waals surface area contributed by atoms with Crippen LogP contribution in [0.15, 0.2) is 36.7 Å². The van der Waals surface area contributed by atoms with Gasteiger partial charge < -0.3 is 10.0 Å². The van der Waals surface area contributed by atoms with Crippen LogP contribution in [0.4, 0.5) is 0 Å². The number of carboxylic acids is 1. The summed E-state index contributed by atoms with van der Waals surface area (Å²) in [6.07, 6.45) is 4.90. The van der Waals surface area contributed by atoms with Crippen molar-refractivity contribution < 1.29 is 14.7 Å². The molecule has 1 saturated heterocycles. The third-order valence-corrected chi connectivity index (χ3v) is 4.69. The van der Waals surface area contributed by atoms with Gasteiger partial charge in [-0.05, 0) is 56.5 Å². The fourth-order valence-electron chi connectivity index (χ4n) is 3.21. The van der Waals surface area contributed by atoms with E-state index in [9.17, 15) is 14.7 Å². The highest BCUT2D eigenvalue weighted by Gasteiger charge is 2.33. The van der Waals surface area contributed by atoms with E-state index in [1.54, 1.807) is 21.8 Å². The Labute approximate surface area is 140 Å². The molecule has 1 fully saturated rings. The van der Waals surface area contributed by atoms with Crippen LogP contribution < -0.4 is 0 Å². The number of aliphatic carboxylic acids is 1. The van der Waals surface area contributed by atoms with Crippen molar-refractivity contribution >= 4 is 11.9 Å². The fraction of sp³-hybridized carbons (Fsp3) is 0.389. The van der Waals surface area contributed by atoms with Gasteiger partial charge >= 0.3 is 5.97 Å². The number of nitrogens with zero attached hydrogens (tertiary/aromatic N) is 3. The molecule has 1 aliphatic rings. The largest absolute Gasteiger partial charge is 0.481 e. The quantitative estimate of drug-likeness (QED) is 0.940. The van der Waals surface area contributed by atoms with E-state index >= 15 is 0 Å². The lowest BCUT2D eigenvalue weighted by Crippen LogP contribution is -2.47. The van der Waals surface area contributed by atoms with Crippen molar-refractivity contribution in [2.75, 3.05) is 6.54 Å². The van der Waals surface area contributed by atoms with Crippen LogP contribution in [0.25, 0.3) is 5.69 Å². The predicted molar refractivity (Wildman–Crippen MR) is 89.2 cm³/mol. The maximum absolute atomic E-state index is 12.8. The lowest BCUT2D eigenvalue weighted by Gasteiger charge is -2.36. The Balaban J connectivity index is 1.84. The molecule has 1 aromatic carbocycles. The van der Waals surface area contributed by atoms with Gasteiger partial charge in [0.1, 0.15) is 0 Å². The maximum atomic E-state index is 12.8. The molecule has 2 heterocycles. The Bertz CT molecular complexity index is 755. The number of aromatic nitrogens is 2. The van der Waals surface area contributed by atoms with E-state index in [1.807, 2.05) is 38.2 Å². The number of hydrogen-bond donors (Lipinski definition) is 1. The highest BCUT2D eigenvalue weighted by molar-refractivity contribution is 5.95. The average molecular weight is 327 g/mol. The first-order valence-corrected chi connectivity index (χ1v) is 8.12. The van der Waals surface area contributed by atoms with Gasteiger partial charge in [0, 0.05) is 30.5 Å². The second kappa shape index (κ2) is 6.47. The molecule has 6 nitrogen and oxygen atoms in total. The second-order valence-electron chi connectivity index (χ2n) is 6.37. The summed E-state index contributed by atoms with van der Waals surface area (Å²) in [5.74, 6) is -1.41. The first kappa shape index (κ1) is 16.2. The summed E-state index contributed by atoms with van der Waals surface area (Å²) in [5, 5.41) is 13.4. The zero-order chi connectivity index (χ0) is 17.3. The summed E-state index contributed by atoms with van der Waals surface area (Å²) in [5.41, 5.74) is 2.46. The van der Waals surface area contributed by atoms with Crippen molar-refractivity contribution in [2.24, 2.45) is 5.92 Å². The average Bonchev–Trinajstić information content (AvgIpc) is 3.08. The number of piperidine rings is 1. The van der Waals surface area contributed by atoms with Crippen LogP contribution in [0.5, 0.6) is 0 Å². The van der Waals surface area contributed by atoms with Gasteiger partial charge in [0.05, 0.1) is 11.6 Å². The topological polar surface area (TPSA) is 75.4 Å². The molecule has 0 radical (unpaired) electrons. The molecule has 6 heteroatoms. The molecule has 24 heavy (non-hydrogen) atoms. The van der Waals surface area contributed by atoms with E-state index in [4.69, 9.17) is 0 Å². The van der Waals surface area contributed by atoms with Crippen LogP contribution >= 0.6 is 0 Å². The Hall–Kier alpha value is -2.63. The zero-order valence-electron chi connectivity index (χ0n) is 13.8. The fourth-order valence-corrected chi connectivity index (χ4v) is 3.21. The SMILES string of the molecule is Cc1cc(C(=O)N2CC(C(=O)O)CCC2C)ccc1-n1cccn1. The molecule has 1 amide bonds. The number of carboxylic acid groups (broad SMARTS) is 1. The smallest absolute Gasteiger partial charge is 0.308 e. The number of likely N-dealkylation sites (tertiary alicyclic amines) is 1. The number of rotatable bonds is 3. The summed E-state index contributed by atoms with van der Waals surface area (Å²) in [4.78, 5) is 25.8. The third kappa shape index (κ3) is 3.04. The first-order valence-electron chi connectivity index (χ1n) is 8.12. The Morgan fingerprint density at radius 3 is 2.71 bits per heavy atom. The summed E-state index contributed by atoms with van der Waals surface area (Å²) in [6, 6.07) is 7.40. The molecule has 0 spiro atoms. The minimum Gasteiger partial charge on any atom is -0.481 e. The molecule has 0 saturated carbocycles. The van der Waals surface area contributed by atoms with Crippen molar-refractivity contribution in [1.29, 1.82) is 0 Å². The monoisotopic (exact) mass is 327 g/mol. The second-order valence-corrected chi connectivity index (χ2v) is 6.37. The molecule has 2 unspecified atom stereocenters. The van der Waals surface area contributed by atoms with Crippen molar-refractivity contribution in [2.45, 2.75) is 32.7 Å².